The van der Waals surface area contributed by atoms with E-state index in [1.165, 1.54) is 6.92 Å². The van der Waals surface area contributed by atoms with Crippen molar-refractivity contribution in [3.63, 3.8) is 0 Å². The van der Waals surface area contributed by atoms with Crippen LogP contribution in [0.25, 0.3) is 0 Å². The zero-order valence-electron chi connectivity index (χ0n) is 16.2. The number of hydrogen-bond acceptors (Lipinski definition) is 3. The Kier molecular flexibility index (Phi) is 7.12. The number of benzene rings is 1. The number of Topliss-reactive ketones (excluding diaryl/α,β-unsaturated/α-hetero) is 1. The van der Waals surface area contributed by atoms with E-state index in [0.717, 1.165) is 37.8 Å². The van der Waals surface area contributed by atoms with Crippen molar-refractivity contribution in [1.29, 1.82) is 0 Å². The lowest BCUT2D eigenvalue weighted by molar-refractivity contribution is -0.120. The zero-order valence-corrected chi connectivity index (χ0v) is 17.1. The smallest absolute Gasteiger partial charge is 0.227 e. The fourth-order valence-corrected chi connectivity index (χ4v) is 5.29. The van der Waals surface area contributed by atoms with Crippen LogP contribution < -0.4 is 10.0 Å². The van der Waals surface area contributed by atoms with Crippen molar-refractivity contribution in [2.24, 2.45) is 5.92 Å². The van der Waals surface area contributed by atoms with E-state index >= 15 is 0 Å². The molecule has 1 aliphatic rings. The van der Waals surface area contributed by atoms with Gasteiger partial charge in [0.05, 0.1) is 0 Å². The van der Waals surface area contributed by atoms with Crippen LogP contribution in [0.2, 0.25) is 0 Å². The van der Waals surface area contributed by atoms with Gasteiger partial charge in [0.2, 0.25) is 5.91 Å². The van der Waals surface area contributed by atoms with Crippen molar-refractivity contribution in [1.82, 2.24) is 4.72 Å². The van der Waals surface area contributed by atoms with E-state index < -0.39 is 10.1 Å². The van der Waals surface area contributed by atoms with Gasteiger partial charge >= 0.3 is 0 Å². The average molecular weight is 381 g/mol. The maximum Gasteiger partial charge on any atom is 0.227 e. The summed E-state index contributed by atoms with van der Waals surface area (Å²) in [6.45, 7) is 5.62. The number of carbonyl (C=O) groups is 2. The van der Waals surface area contributed by atoms with Crippen molar-refractivity contribution in [2.45, 2.75) is 64.2 Å². The lowest BCUT2D eigenvalue weighted by Gasteiger charge is -2.35. The van der Waals surface area contributed by atoms with Gasteiger partial charge in [0, 0.05) is 34.7 Å². The van der Waals surface area contributed by atoms with E-state index in [1.807, 2.05) is 13.2 Å². The molecule has 0 radical (unpaired) electrons. The lowest BCUT2D eigenvalue weighted by Crippen LogP contribution is -2.46. The Morgan fingerprint density at radius 2 is 1.73 bits per heavy atom. The number of ketones is 1. The molecule has 1 aromatic rings. The first-order valence-corrected chi connectivity index (χ1v) is 11.7. The predicted octanol–water partition coefficient (Wildman–Crippen LogP) is 3.34. The minimum atomic E-state index is -2.34. The highest BCUT2D eigenvalue weighted by atomic mass is 32.3. The number of amides is 1. The highest BCUT2D eigenvalue weighted by Gasteiger charge is 2.29. The number of thiol groups is 1. The molecule has 26 heavy (non-hydrogen) atoms. The number of rotatable bonds is 7. The molecule has 0 saturated heterocycles. The van der Waals surface area contributed by atoms with E-state index in [4.69, 9.17) is 0 Å². The van der Waals surface area contributed by atoms with Crippen molar-refractivity contribution in [2.75, 3.05) is 11.6 Å². The number of nitrogens with one attached hydrogen (secondary N) is 2. The van der Waals surface area contributed by atoms with Crippen LogP contribution in [0.15, 0.2) is 24.3 Å². The van der Waals surface area contributed by atoms with E-state index in [9.17, 15) is 13.8 Å². The molecule has 1 aliphatic carbocycles. The van der Waals surface area contributed by atoms with Crippen LogP contribution in [-0.2, 0) is 14.9 Å². The second-order valence-electron chi connectivity index (χ2n) is 7.55. The zero-order chi connectivity index (χ0) is 19.3. The van der Waals surface area contributed by atoms with Gasteiger partial charge in [0.15, 0.2) is 5.78 Å². The molecular formula is C20H32N2O3S. The summed E-state index contributed by atoms with van der Waals surface area (Å²) < 4.78 is 16.1. The first-order valence-electron chi connectivity index (χ1n) is 9.49. The highest BCUT2D eigenvalue weighted by Crippen LogP contribution is 2.27. The van der Waals surface area contributed by atoms with Crippen molar-refractivity contribution in [3.8, 4) is 0 Å². The summed E-state index contributed by atoms with van der Waals surface area (Å²) in [5.41, 5.74) is 1.36. The van der Waals surface area contributed by atoms with Crippen LogP contribution in [0.4, 0.5) is 5.69 Å². The molecule has 1 fully saturated rings. The van der Waals surface area contributed by atoms with Gasteiger partial charge in [-0.1, -0.05) is 24.0 Å². The molecule has 0 aliphatic heterocycles. The van der Waals surface area contributed by atoms with Crippen molar-refractivity contribution in [3.05, 3.63) is 29.8 Å². The molecule has 0 heterocycles. The molecule has 1 aromatic carbocycles. The molecule has 2 N–H and O–H groups in total. The Balaban J connectivity index is 1.84. The molecule has 1 amide bonds. The Labute approximate surface area is 157 Å². The van der Waals surface area contributed by atoms with Crippen LogP contribution in [0.5, 0.6) is 0 Å². The lowest BCUT2D eigenvalue weighted by atomic mass is 9.86. The summed E-state index contributed by atoms with van der Waals surface area (Å²) in [5, 5.41) is 3.12. The fraction of sp³-hybridized carbons (Fsp3) is 0.600. The van der Waals surface area contributed by atoms with E-state index in [-0.39, 0.29) is 28.9 Å². The van der Waals surface area contributed by atoms with Crippen LogP contribution in [0.3, 0.4) is 0 Å². The van der Waals surface area contributed by atoms with Crippen molar-refractivity contribution < 1.29 is 13.8 Å². The van der Waals surface area contributed by atoms with Crippen LogP contribution >= 0.6 is 0 Å². The molecule has 1 unspecified atom stereocenters. The van der Waals surface area contributed by atoms with Gasteiger partial charge in [-0.2, -0.15) is 0 Å². The van der Waals surface area contributed by atoms with Crippen LogP contribution in [-0.4, -0.2) is 33.4 Å². The molecule has 1 atom stereocenters. The third-order valence-electron chi connectivity index (χ3n) is 5.53. The van der Waals surface area contributed by atoms with Gasteiger partial charge in [0.1, 0.15) is 0 Å². The normalized spacial score (nSPS) is 22.5. The predicted molar refractivity (Wildman–Crippen MR) is 109 cm³/mol. The first-order chi connectivity index (χ1) is 12.2. The minimum Gasteiger partial charge on any atom is -0.326 e. The van der Waals surface area contributed by atoms with Gasteiger partial charge in [-0.15, -0.1) is 0 Å². The van der Waals surface area contributed by atoms with Crippen LogP contribution in [0, 0.1) is 5.92 Å². The Morgan fingerprint density at radius 3 is 2.23 bits per heavy atom. The Hall–Kier alpha value is -1.53. The Morgan fingerprint density at radius 1 is 1.15 bits per heavy atom. The summed E-state index contributed by atoms with van der Waals surface area (Å²) >= 11 is 0. The SMILES string of the molecule is CCC(C)[SH](C)(=O)NC1CCC(C(=O)Nc2ccc(C(C)=O)cc2)CC1. The molecule has 0 spiro atoms. The summed E-state index contributed by atoms with van der Waals surface area (Å²) in [4.78, 5) is 23.8. The van der Waals surface area contributed by atoms with E-state index in [1.54, 1.807) is 24.3 Å². The van der Waals surface area contributed by atoms with Gasteiger partial charge in [-0.25, -0.2) is 0 Å². The minimum absolute atomic E-state index is 0.0132. The third-order valence-corrected chi connectivity index (χ3v) is 8.45. The molecule has 0 aromatic heterocycles. The number of carbonyl (C=O) groups excluding carboxylic acids is 2. The first kappa shape index (κ1) is 20.8. The molecule has 2 rings (SSSR count). The topological polar surface area (TPSA) is 75.3 Å². The average Bonchev–Trinajstić information content (AvgIpc) is 2.61. The molecule has 0 bridgehead atoms. The van der Waals surface area contributed by atoms with Gasteiger partial charge in [-0.3, -0.25) is 18.5 Å². The molecular weight excluding hydrogens is 348 g/mol. The molecule has 1 saturated carbocycles. The number of hydrogen-bond donors (Lipinski definition) is 3. The fourth-order valence-electron chi connectivity index (χ4n) is 3.36. The summed E-state index contributed by atoms with van der Waals surface area (Å²) in [6, 6.07) is 7.22. The quantitative estimate of drug-likeness (QED) is 0.502. The number of anilines is 1. The maximum absolute atomic E-state index is 12.7. The molecule has 146 valence electrons. The monoisotopic (exact) mass is 380 g/mol. The van der Waals surface area contributed by atoms with E-state index in [0.29, 0.717) is 5.56 Å². The van der Waals surface area contributed by atoms with Gasteiger partial charge in [0.25, 0.3) is 0 Å². The largest absolute Gasteiger partial charge is 0.326 e. The molecule has 6 heteroatoms. The molecule has 5 nitrogen and oxygen atoms in total. The third kappa shape index (κ3) is 5.48. The van der Waals surface area contributed by atoms with Crippen molar-refractivity contribution >= 4 is 27.5 Å². The van der Waals surface area contributed by atoms with Gasteiger partial charge in [-0.05, 0) is 63.3 Å². The Bertz CT molecular complexity index is 679. The maximum atomic E-state index is 12.7. The summed E-state index contributed by atoms with van der Waals surface area (Å²) in [5.74, 6) is 0.0281. The van der Waals surface area contributed by atoms with Crippen LogP contribution in [0.1, 0.15) is 63.2 Å². The second-order valence-corrected chi connectivity index (χ2v) is 10.7. The standard InChI is InChI=1S/C20H32N2O3S/c1-5-14(2)26(4,25)22-19-12-8-17(9-13-19)20(24)21-18-10-6-16(7-11-18)15(3)23/h6-7,10-11,14,17,19,26H,5,8-9,12-13H2,1-4H3,(H,21,24)(H,22,25). The summed E-state index contributed by atoms with van der Waals surface area (Å²) in [7, 11) is -2.34. The highest BCUT2D eigenvalue weighted by molar-refractivity contribution is 8.01. The second kappa shape index (κ2) is 8.91. The van der Waals surface area contributed by atoms with Gasteiger partial charge < -0.3 is 5.32 Å². The van der Waals surface area contributed by atoms with E-state index in [2.05, 4.69) is 17.0 Å². The summed E-state index contributed by atoms with van der Waals surface area (Å²) in [6.07, 6.45) is 6.09.